The van der Waals surface area contributed by atoms with Crippen molar-refractivity contribution in [3.05, 3.63) is 53.7 Å². The first kappa shape index (κ1) is 22.9. The number of ether oxygens (including phenoxy) is 2. The molecule has 9 nitrogen and oxygen atoms in total. The highest BCUT2D eigenvalue weighted by atomic mass is 35.5. The largest absolute Gasteiger partial charge is 0.497 e. The van der Waals surface area contributed by atoms with Gasteiger partial charge in [-0.2, -0.15) is 4.98 Å². The molecule has 174 valence electrons. The van der Waals surface area contributed by atoms with E-state index in [-0.39, 0.29) is 26.4 Å². The van der Waals surface area contributed by atoms with Crippen molar-refractivity contribution >= 4 is 38.9 Å². The normalized spacial score (nSPS) is 14.3. The molecular weight excluding hydrogens is 466 g/mol. The van der Waals surface area contributed by atoms with Crippen LogP contribution in [0.2, 0.25) is 5.02 Å². The molecule has 2 heterocycles. The van der Waals surface area contributed by atoms with E-state index < -0.39 is 9.84 Å². The van der Waals surface area contributed by atoms with Gasteiger partial charge in [-0.15, -0.1) is 0 Å². The molecule has 0 saturated carbocycles. The summed E-state index contributed by atoms with van der Waals surface area (Å²) < 4.78 is 36.8. The molecule has 3 aromatic rings. The molecule has 1 fully saturated rings. The number of benzene rings is 2. The first-order valence-electron chi connectivity index (χ1n) is 10.2. The van der Waals surface area contributed by atoms with Gasteiger partial charge in [0.15, 0.2) is 0 Å². The topological polar surface area (TPSA) is 111 Å². The molecule has 0 bridgehead atoms. The van der Waals surface area contributed by atoms with Gasteiger partial charge in [-0.05, 0) is 42.5 Å². The summed E-state index contributed by atoms with van der Waals surface area (Å²) >= 11 is 6.01. The lowest BCUT2D eigenvalue weighted by atomic mass is 10.2. The summed E-state index contributed by atoms with van der Waals surface area (Å²) in [6.45, 7) is 2.85. The van der Waals surface area contributed by atoms with E-state index in [1.807, 2.05) is 29.2 Å². The standard InChI is InChI=1S/C22H24ClN5O4S/c1-31-17-6-4-16(5-7-17)27-9-11-28(12-10-27)22-25-14-20(21(24)26-22)33(29,30)19-13-15(23)3-8-18(19)32-2/h3-8,13-14H,9-12H2,1-2H3,(H2,24,25,26). The number of anilines is 3. The van der Waals surface area contributed by atoms with Crippen LogP contribution in [0.3, 0.4) is 0 Å². The van der Waals surface area contributed by atoms with Crippen molar-refractivity contribution in [1.82, 2.24) is 9.97 Å². The van der Waals surface area contributed by atoms with Crippen LogP contribution in [0.15, 0.2) is 58.5 Å². The Morgan fingerprint density at radius 3 is 2.21 bits per heavy atom. The average molecular weight is 490 g/mol. The van der Waals surface area contributed by atoms with Crippen molar-refractivity contribution in [2.45, 2.75) is 9.79 Å². The van der Waals surface area contributed by atoms with Gasteiger partial charge in [0.1, 0.15) is 27.1 Å². The van der Waals surface area contributed by atoms with Crippen LogP contribution in [0, 0.1) is 0 Å². The molecule has 1 aliphatic heterocycles. The van der Waals surface area contributed by atoms with Crippen molar-refractivity contribution in [2.75, 3.05) is 55.9 Å². The van der Waals surface area contributed by atoms with E-state index >= 15 is 0 Å². The van der Waals surface area contributed by atoms with Crippen molar-refractivity contribution in [2.24, 2.45) is 0 Å². The fourth-order valence-corrected chi connectivity index (χ4v) is 5.35. The molecule has 0 aliphatic carbocycles. The lowest BCUT2D eigenvalue weighted by Crippen LogP contribution is -2.47. The molecule has 0 amide bonds. The van der Waals surface area contributed by atoms with Gasteiger partial charge < -0.3 is 25.0 Å². The van der Waals surface area contributed by atoms with E-state index in [1.54, 1.807) is 13.2 Å². The summed E-state index contributed by atoms with van der Waals surface area (Å²) in [6.07, 6.45) is 1.24. The van der Waals surface area contributed by atoms with E-state index in [0.717, 1.165) is 24.5 Å². The quantitative estimate of drug-likeness (QED) is 0.558. The van der Waals surface area contributed by atoms with E-state index in [4.69, 9.17) is 26.8 Å². The maximum absolute atomic E-state index is 13.2. The van der Waals surface area contributed by atoms with Crippen molar-refractivity contribution < 1.29 is 17.9 Å². The van der Waals surface area contributed by atoms with Gasteiger partial charge in [-0.25, -0.2) is 13.4 Å². The fourth-order valence-electron chi connectivity index (χ4n) is 3.67. The number of nitrogen functional groups attached to an aromatic ring is 1. The van der Waals surface area contributed by atoms with Gasteiger partial charge in [-0.1, -0.05) is 11.6 Å². The number of piperazine rings is 1. The van der Waals surface area contributed by atoms with E-state index in [1.165, 1.54) is 25.4 Å². The second-order valence-corrected chi connectivity index (χ2v) is 9.71. The van der Waals surface area contributed by atoms with Crippen LogP contribution in [0.25, 0.3) is 0 Å². The Kier molecular flexibility index (Phi) is 6.48. The van der Waals surface area contributed by atoms with Crippen LogP contribution >= 0.6 is 11.6 Å². The van der Waals surface area contributed by atoms with Gasteiger partial charge in [0.25, 0.3) is 0 Å². The van der Waals surface area contributed by atoms with Crippen molar-refractivity contribution in [1.29, 1.82) is 0 Å². The number of methoxy groups -OCH3 is 2. The number of hydrogen-bond acceptors (Lipinski definition) is 9. The Balaban J connectivity index is 1.52. The third kappa shape index (κ3) is 4.62. The second kappa shape index (κ2) is 9.32. The fraction of sp³-hybridized carbons (Fsp3) is 0.273. The molecule has 2 aromatic carbocycles. The Morgan fingerprint density at radius 2 is 1.61 bits per heavy atom. The zero-order valence-corrected chi connectivity index (χ0v) is 19.8. The number of hydrogen-bond donors (Lipinski definition) is 1. The summed E-state index contributed by atoms with van der Waals surface area (Å²) in [7, 11) is -1.00. The molecule has 33 heavy (non-hydrogen) atoms. The first-order chi connectivity index (χ1) is 15.8. The van der Waals surface area contributed by atoms with Gasteiger partial charge in [0, 0.05) is 36.9 Å². The van der Waals surface area contributed by atoms with Crippen LogP contribution in [0.1, 0.15) is 0 Å². The summed E-state index contributed by atoms with van der Waals surface area (Å²) in [5, 5.41) is 0.264. The maximum atomic E-state index is 13.2. The summed E-state index contributed by atoms with van der Waals surface area (Å²) in [6, 6.07) is 12.3. The number of aromatic nitrogens is 2. The summed E-state index contributed by atoms with van der Waals surface area (Å²) in [5.41, 5.74) is 7.18. The van der Waals surface area contributed by atoms with Crippen LogP contribution in [-0.4, -0.2) is 58.8 Å². The number of nitrogens with zero attached hydrogens (tertiary/aromatic N) is 4. The number of halogens is 1. The monoisotopic (exact) mass is 489 g/mol. The van der Waals surface area contributed by atoms with Crippen molar-refractivity contribution in [3.8, 4) is 11.5 Å². The van der Waals surface area contributed by atoms with E-state index in [0.29, 0.717) is 19.0 Å². The number of sulfone groups is 1. The van der Waals surface area contributed by atoms with Crippen LogP contribution in [0.4, 0.5) is 17.5 Å². The van der Waals surface area contributed by atoms with Crippen LogP contribution < -0.4 is 25.0 Å². The third-order valence-electron chi connectivity index (χ3n) is 5.47. The molecule has 0 radical (unpaired) electrons. The Bertz CT molecular complexity index is 1250. The summed E-state index contributed by atoms with van der Waals surface area (Å²) in [4.78, 5) is 12.5. The highest BCUT2D eigenvalue weighted by molar-refractivity contribution is 7.91. The predicted molar refractivity (Wildman–Crippen MR) is 127 cm³/mol. The lowest BCUT2D eigenvalue weighted by Gasteiger charge is -2.36. The second-order valence-electron chi connectivity index (χ2n) is 7.39. The van der Waals surface area contributed by atoms with E-state index in [2.05, 4.69) is 14.9 Å². The Hall–Kier alpha value is -3.24. The predicted octanol–water partition coefficient (Wildman–Crippen LogP) is 2.89. The minimum absolute atomic E-state index is 0.0892. The van der Waals surface area contributed by atoms with Gasteiger partial charge in [-0.3, -0.25) is 0 Å². The number of nitrogens with two attached hydrogens (primary N) is 1. The summed E-state index contributed by atoms with van der Waals surface area (Å²) in [5.74, 6) is 1.24. The highest BCUT2D eigenvalue weighted by Gasteiger charge is 2.28. The third-order valence-corrected chi connectivity index (χ3v) is 7.50. The SMILES string of the molecule is COc1ccc(N2CCN(c3ncc(S(=O)(=O)c4cc(Cl)ccc4OC)c(N)n3)CC2)cc1. The zero-order valence-electron chi connectivity index (χ0n) is 18.2. The molecule has 1 saturated heterocycles. The minimum atomic E-state index is -4.03. The lowest BCUT2D eigenvalue weighted by molar-refractivity contribution is 0.402. The van der Waals surface area contributed by atoms with Crippen molar-refractivity contribution in [3.63, 3.8) is 0 Å². The van der Waals surface area contributed by atoms with Gasteiger partial charge in [0.05, 0.1) is 20.4 Å². The first-order valence-corrected chi connectivity index (χ1v) is 12.0. The van der Waals surface area contributed by atoms with Gasteiger partial charge in [0.2, 0.25) is 15.8 Å². The smallest absolute Gasteiger partial charge is 0.227 e. The minimum Gasteiger partial charge on any atom is -0.497 e. The van der Waals surface area contributed by atoms with E-state index in [9.17, 15) is 8.42 Å². The molecule has 0 atom stereocenters. The zero-order chi connectivity index (χ0) is 23.6. The molecule has 2 N–H and O–H groups in total. The number of rotatable bonds is 6. The molecular formula is C22H24ClN5O4S. The molecule has 1 aliphatic rings. The van der Waals surface area contributed by atoms with Gasteiger partial charge >= 0.3 is 0 Å². The Labute approximate surface area is 197 Å². The maximum Gasteiger partial charge on any atom is 0.227 e. The highest BCUT2D eigenvalue weighted by Crippen LogP contribution is 2.34. The molecule has 0 spiro atoms. The molecule has 11 heteroatoms. The average Bonchev–Trinajstić information content (AvgIpc) is 2.84. The molecule has 0 unspecified atom stereocenters. The van der Waals surface area contributed by atoms with Crippen LogP contribution in [0.5, 0.6) is 11.5 Å². The molecule has 4 rings (SSSR count). The molecule has 1 aromatic heterocycles. The van der Waals surface area contributed by atoms with Crippen LogP contribution in [-0.2, 0) is 9.84 Å². The Morgan fingerprint density at radius 1 is 0.939 bits per heavy atom.